The second-order valence-corrected chi connectivity index (χ2v) is 4.22. The van der Waals surface area contributed by atoms with Gasteiger partial charge >= 0.3 is 0 Å². The summed E-state index contributed by atoms with van der Waals surface area (Å²) in [6.45, 7) is 3.76. The Morgan fingerprint density at radius 2 is 2.00 bits per heavy atom. The third kappa shape index (κ3) is 3.32. The minimum absolute atomic E-state index is 0.426. The zero-order chi connectivity index (χ0) is 13.7. The molecule has 0 aliphatic rings. The van der Waals surface area contributed by atoms with E-state index >= 15 is 0 Å². The van der Waals surface area contributed by atoms with E-state index in [1.54, 1.807) is 14.2 Å². The summed E-state index contributed by atoms with van der Waals surface area (Å²) in [7, 11) is 3.26. The zero-order valence-corrected chi connectivity index (χ0v) is 11.3. The van der Waals surface area contributed by atoms with Crippen LogP contribution in [-0.4, -0.2) is 30.7 Å². The molecule has 1 aromatic carbocycles. The number of likely N-dealkylation sites (N-methyl/N-ethyl adjacent to an activating group) is 1. The van der Waals surface area contributed by atoms with E-state index < -0.39 is 11.7 Å². The van der Waals surface area contributed by atoms with Crippen LogP contribution in [0.2, 0.25) is 0 Å². The van der Waals surface area contributed by atoms with Crippen molar-refractivity contribution in [2.45, 2.75) is 26.8 Å². The van der Waals surface area contributed by atoms with Gasteiger partial charge in [0.15, 0.2) is 0 Å². The number of ketones is 1. The molecule has 0 spiro atoms. The normalized spacial score (nSPS) is 10.0. The minimum atomic E-state index is -0.469. The molecule has 1 amide bonds. The summed E-state index contributed by atoms with van der Waals surface area (Å²) in [5.41, 5.74) is 2.09. The fourth-order valence-corrected chi connectivity index (χ4v) is 1.82. The number of hydrogen-bond acceptors (Lipinski definition) is 3. The molecular formula is C14H19NO3. The minimum Gasteiger partial charge on any atom is -0.496 e. The van der Waals surface area contributed by atoms with Crippen molar-refractivity contribution in [3.8, 4) is 5.75 Å². The van der Waals surface area contributed by atoms with Gasteiger partial charge in [0.25, 0.3) is 5.91 Å². The largest absolute Gasteiger partial charge is 0.496 e. The Hall–Kier alpha value is -1.84. The Labute approximate surface area is 108 Å². The molecule has 4 heteroatoms. The van der Waals surface area contributed by atoms with E-state index in [0.29, 0.717) is 6.54 Å². The average Bonchev–Trinajstić information content (AvgIpc) is 2.37. The maximum absolute atomic E-state index is 11.5. The molecule has 0 atom stereocenters. The number of benzene rings is 1. The first-order valence-electron chi connectivity index (χ1n) is 5.91. The highest BCUT2D eigenvalue weighted by Crippen LogP contribution is 2.21. The molecule has 1 aromatic rings. The summed E-state index contributed by atoms with van der Waals surface area (Å²) >= 11 is 0. The van der Waals surface area contributed by atoms with Crippen molar-refractivity contribution in [3.05, 3.63) is 29.3 Å². The molecule has 98 valence electrons. The SMILES string of the molecule is CCc1cc(CN(C)C(=O)C(C)=O)ccc1OC. The van der Waals surface area contributed by atoms with Crippen LogP contribution in [0.5, 0.6) is 5.75 Å². The fraction of sp³-hybridized carbons (Fsp3) is 0.429. The van der Waals surface area contributed by atoms with E-state index in [1.165, 1.54) is 11.8 Å². The molecule has 0 aliphatic carbocycles. The highest BCUT2D eigenvalue weighted by Gasteiger charge is 2.14. The Bertz CT molecular complexity index is 454. The number of ether oxygens (including phenoxy) is 1. The molecule has 18 heavy (non-hydrogen) atoms. The number of methoxy groups -OCH3 is 1. The van der Waals surface area contributed by atoms with E-state index in [2.05, 4.69) is 0 Å². The predicted molar refractivity (Wildman–Crippen MR) is 69.5 cm³/mol. The van der Waals surface area contributed by atoms with E-state index in [1.807, 2.05) is 25.1 Å². The third-order valence-corrected chi connectivity index (χ3v) is 2.79. The molecule has 0 fully saturated rings. The highest BCUT2D eigenvalue weighted by atomic mass is 16.5. The summed E-state index contributed by atoms with van der Waals surface area (Å²) in [5, 5.41) is 0. The number of amides is 1. The van der Waals surface area contributed by atoms with E-state index in [-0.39, 0.29) is 0 Å². The van der Waals surface area contributed by atoms with Gasteiger partial charge < -0.3 is 9.64 Å². The Morgan fingerprint density at radius 1 is 1.33 bits per heavy atom. The first-order valence-corrected chi connectivity index (χ1v) is 5.91. The Balaban J connectivity index is 2.85. The summed E-state index contributed by atoms with van der Waals surface area (Å²) in [6.07, 6.45) is 0.862. The molecule has 0 aromatic heterocycles. The molecule has 0 saturated heterocycles. The van der Waals surface area contributed by atoms with Gasteiger partial charge in [-0.3, -0.25) is 9.59 Å². The lowest BCUT2D eigenvalue weighted by molar-refractivity contribution is -0.143. The molecule has 0 N–H and O–H groups in total. The summed E-state index contributed by atoms with van der Waals surface area (Å²) in [4.78, 5) is 23.9. The fourth-order valence-electron chi connectivity index (χ4n) is 1.82. The number of carbonyl (C=O) groups excluding carboxylic acids is 2. The van der Waals surface area contributed by atoms with Crippen molar-refractivity contribution < 1.29 is 14.3 Å². The van der Waals surface area contributed by atoms with Crippen LogP contribution in [-0.2, 0) is 22.6 Å². The van der Waals surface area contributed by atoms with Crippen LogP contribution in [0.1, 0.15) is 25.0 Å². The number of carbonyl (C=O) groups is 2. The molecule has 0 aliphatic heterocycles. The second kappa shape index (κ2) is 6.19. The predicted octanol–water partition coefficient (Wildman–Crippen LogP) is 1.81. The van der Waals surface area contributed by atoms with Gasteiger partial charge in [-0.1, -0.05) is 19.1 Å². The van der Waals surface area contributed by atoms with E-state index in [9.17, 15) is 9.59 Å². The van der Waals surface area contributed by atoms with Gasteiger partial charge in [-0.2, -0.15) is 0 Å². The van der Waals surface area contributed by atoms with Crippen LogP contribution < -0.4 is 4.74 Å². The molecule has 0 saturated carbocycles. The highest BCUT2D eigenvalue weighted by molar-refractivity contribution is 6.34. The number of Topliss-reactive ketones (excluding diaryl/α,β-unsaturated/α-hetero) is 1. The van der Waals surface area contributed by atoms with Crippen LogP contribution in [0, 0.1) is 0 Å². The van der Waals surface area contributed by atoms with Gasteiger partial charge in [0, 0.05) is 20.5 Å². The molecule has 4 nitrogen and oxygen atoms in total. The van der Waals surface area contributed by atoms with Crippen molar-refractivity contribution in [1.29, 1.82) is 0 Å². The topological polar surface area (TPSA) is 46.6 Å². The van der Waals surface area contributed by atoms with E-state index in [4.69, 9.17) is 4.74 Å². The summed E-state index contributed by atoms with van der Waals surface area (Å²) in [5.74, 6) is -0.0626. The van der Waals surface area contributed by atoms with Crippen molar-refractivity contribution >= 4 is 11.7 Å². The number of aryl methyl sites for hydroxylation is 1. The van der Waals surface area contributed by atoms with Gasteiger partial charge in [0.05, 0.1) is 7.11 Å². The van der Waals surface area contributed by atoms with Crippen LogP contribution in [0.4, 0.5) is 0 Å². The van der Waals surface area contributed by atoms with Crippen LogP contribution in [0.25, 0.3) is 0 Å². The smallest absolute Gasteiger partial charge is 0.289 e. The van der Waals surface area contributed by atoms with Gasteiger partial charge in [0.1, 0.15) is 5.75 Å². The lowest BCUT2D eigenvalue weighted by atomic mass is 10.1. The van der Waals surface area contributed by atoms with Crippen molar-refractivity contribution in [1.82, 2.24) is 4.90 Å². The molecule has 0 unspecified atom stereocenters. The number of nitrogens with zero attached hydrogens (tertiary/aromatic N) is 1. The quantitative estimate of drug-likeness (QED) is 0.748. The van der Waals surface area contributed by atoms with Gasteiger partial charge in [-0.25, -0.2) is 0 Å². The van der Waals surface area contributed by atoms with Crippen LogP contribution in [0.3, 0.4) is 0 Å². The maximum atomic E-state index is 11.5. The second-order valence-electron chi connectivity index (χ2n) is 4.22. The van der Waals surface area contributed by atoms with Crippen molar-refractivity contribution in [3.63, 3.8) is 0 Å². The first kappa shape index (κ1) is 14.2. The van der Waals surface area contributed by atoms with Gasteiger partial charge in [-0.15, -0.1) is 0 Å². The van der Waals surface area contributed by atoms with Gasteiger partial charge in [0.2, 0.25) is 5.78 Å². The van der Waals surface area contributed by atoms with E-state index in [0.717, 1.165) is 23.3 Å². The molecule has 0 radical (unpaired) electrons. The third-order valence-electron chi connectivity index (χ3n) is 2.79. The molecule has 1 rings (SSSR count). The zero-order valence-electron chi connectivity index (χ0n) is 11.3. The van der Waals surface area contributed by atoms with Crippen molar-refractivity contribution in [2.24, 2.45) is 0 Å². The molecule has 0 bridgehead atoms. The molecule has 0 heterocycles. The van der Waals surface area contributed by atoms with Gasteiger partial charge in [-0.05, 0) is 23.6 Å². The van der Waals surface area contributed by atoms with Crippen LogP contribution >= 0.6 is 0 Å². The molecular weight excluding hydrogens is 230 g/mol. The Morgan fingerprint density at radius 3 is 2.50 bits per heavy atom. The summed E-state index contributed by atoms with van der Waals surface area (Å²) in [6, 6.07) is 5.80. The maximum Gasteiger partial charge on any atom is 0.289 e. The number of hydrogen-bond donors (Lipinski definition) is 0. The first-order chi connectivity index (χ1) is 8.49. The lowest BCUT2D eigenvalue weighted by Crippen LogP contribution is -2.31. The monoisotopic (exact) mass is 249 g/mol. The average molecular weight is 249 g/mol. The van der Waals surface area contributed by atoms with Crippen molar-refractivity contribution in [2.75, 3.05) is 14.2 Å². The van der Waals surface area contributed by atoms with Crippen LogP contribution in [0.15, 0.2) is 18.2 Å². The standard InChI is InChI=1S/C14H19NO3/c1-5-12-8-11(6-7-13(12)18-4)9-15(3)14(17)10(2)16/h6-8H,5,9H2,1-4H3. The number of rotatable bonds is 5. The Kier molecular flexibility index (Phi) is 4.89. The summed E-state index contributed by atoms with van der Waals surface area (Å²) < 4.78 is 5.25. The lowest BCUT2D eigenvalue weighted by Gasteiger charge is -2.16.